The van der Waals surface area contributed by atoms with Crippen molar-refractivity contribution in [1.29, 1.82) is 0 Å². The Morgan fingerprint density at radius 3 is 2.79 bits per heavy atom. The highest BCUT2D eigenvalue weighted by Crippen LogP contribution is 2.30. The van der Waals surface area contributed by atoms with E-state index < -0.39 is 6.23 Å². The van der Waals surface area contributed by atoms with Crippen LogP contribution in [0.3, 0.4) is 0 Å². The second kappa shape index (κ2) is 6.71. The first-order valence-corrected chi connectivity index (χ1v) is 7.85. The number of imidazole rings is 1. The molecule has 1 fully saturated rings. The first-order valence-electron chi connectivity index (χ1n) is 7.85. The van der Waals surface area contributed by atoms with Crippen molar-refractivity contribution in [2.45, 2.75) is 38.1 Å². The number of aliphatic hydroxyl groups is 2. The Labute approximate surface area is 138 Å². The van der Waals surface area contributed by atoms with Crippen LogP contribution < -0.4 is 11.4 Å². The average molecular weight is 335 g/mol. The zero-order chi connectivity index (χ0) is 17.3. The quantitative estimate of drug-likeness (QED) is 0.611. The molecule has 0 amide bonds. The average Bonchev–Trinajstić information content (AvgIpc) is 3.11. The Morgan fingerprint density at radius 1 is 1.38 bits per heavy atom. The fourth-order valence-electron chi connectivity index (χ4n) is 3.12. The van der Waals surface area contributed by atoms with Crippen LogP contribution >= 0.6 is 0 Å². The van der Waals surface area contributed by atoms with Crippen LogP contribution in [0.25, 0.3) is 11.2 Å². The molecule has 0 bridgehead atoms. The van der Waals surface area contributed by atoms with Crippen LogP contribution in [0.4, 0.5) is 5.95 Å². The molecule has 4 N–H and O–H groups in total. The van der Waals surface area contributed by atoms with Gasteiger partial charge in [-0.25, -0.2) is 14.3 Å². The molecule has 130 valence electrons. The van der Waals surface area contributed by atoms with Crippen LogP contribution in [0.2, 0.25) is 0 Å². The molecule has 3 heterocycles. The summed E-state index contributed by atoms with van der Waals surface area (Å²) in [6.45, 7) is 3.75. The minimum absolute atomic E-state index is 0.0344. The zero-order valence-electron chi connectivity index (χ0n) is 13.3. The van der Waals surface area contributed by atoms with Crippen molar-refractivity contribution in [1.82, 2.24) is 19.1 Å². The van der Waals surface area contributed by atoms with Gasteiger partial charge in [0.2, 0.25) is 5.95 Å². The Kier molecular flexibility index (Phi) is 4.65. The van der Waals surface area contributed by atoms with Gasteiger partial charge in [0.1, 0.15) is 11.7 Å². The minimum Gasteiger partial charge on any atom is -0.396 e. The largest absolute Gasteiger partial charge is 0.396 e. The van der Waals surface area contributed by atoms with Gasteiger partial charge >= 0.3 is 5.69 Å². The molecular formula is C15H21N5O4. The fraction of sp³-hybridized carbons (Fsp3) is 0.533. The summed E-state index contributed by atoms with van der Waals surface area (Å²) in [5.74, 6) is 0.0344. The van der Waals surface area contributed by atoms with E-state index in [2.05, 4.69) is 16.5 Å². The second-order valence-corrected chi connectivity index (χ2v) is 5.70. The number of fused-ring (bicyclic) bond motifs is 1. The molecule has 2 atom stereocenters. The van der Waals surface area contributed by atoms with E-state index in [4.69, 9.17) is 10.5 Å². The summed E-state index contributed by atoms with van der Waals surface area (Å²) in [6.07, 6.45) is 2.31. The maximum atomic E-state index is 12.9. The molecule has 9 nitrogen and oxygen atoms in total. The van der Waals surface area contributed by atoms with Gasteiger partial charge in [-0.1, -0.05) is 6.08 Å². The van der Waals surface area contributed by atoms with Crippen molar-refractivity contribution in [2.75, 3.05) is 18.9 Å². The van der Waals surface area contributed by atoms with E-state index in [1.54, 1.807) is 6.08 Å². The van der Waals surface area contributed by atoms with E-state index in [-0.39, 0.29) is 43.9 Å². The lowest BCUT2D eigenvalue weighted by Crippen LogP contribution is -2.28. The van der Waals surface area contributed by atoms with Crippen LogP contribution in [0, 0.1) is 0 Å². The minimum atomic E-state index is -0.514. The van der Waals surface area contributed by atoms with Crippen molar-refractivity contribution in [3.8, 4) is 0 Å². The van der Waals surface area contributed by atoms with Gasteiger partial charge < -0.3 is 20.7 Å². The van der Waals surface area contributed by atoms with Crippen molar-refractivity contribution in [3.05, 3.63) is 28.8 Å². The molecule has 24 heavy (non-hydrogen) atoms. The van der Waals surface area contributed by atoms with Crippen molar-refractivity contribution >= 4 is 17.1 Å². The predicted octanol–water partition coefficient (Wildman–Crippen LogP) is -0.434. The lowest BCUT2D eigenvalue weighted by atomic mass is 10.2. The van der Waals surface area contributed by atoms with Gasteiger partial charge in [-0.2, -0.15) is 4.98 Å². The van der Waals surface area contributed by atoms with Gasteiger partial charge in [-0.3, -0.25) is 4.57 Å². The van der Waals surface area contributed by atoms with Crippen molar-refractivity contribution in [2.24, 2.45) is 0 Å². The molecule has 3 rings (SSSR count). The third kappa shape index (κ3) is 2.70. The predicted molar refractivity (Wildman–Crippen MR) is 87.4 cm³/mol. The maximum absolute atomic E-state index is 12.9. The highest BCUT2D eigenvalue weighted by atomic mass is 16.5. The number of nitrogens with two attached hydrogens (primary N) is 1. The first kappa shape index (κ1) is 16.6. The smallest absolute Gasteiger partial charge is 0.332 e. The van der Waals surface area contributed by atoms with E-state index in [1.165, 1.54) is 9.13 Å². The Morgan fingerprint density at radius 2 is 2.17 bits per heavy atom. The van der Waals surface area contributed by atoms with E-state index in [0.717, 1.165) is 0 Å². The van der Waals surface area contributed by atoms with E-state index >= 15 is 0 Å². The Bertz CT molecular complexity index is 812. The number of aromatic nitrogens is 4. The summed E-state index contributed by atoms with van der Waals surface area (Å²) >= 11 is 0. The summed E-state index contributed by atoms with van der Waals surface area (Å²) in [5, 5.41) is 18.5. The topological polar surface area (TPSA) is 128 Å². The molecule has 0 radical (unpaired) electrons. The number of rotatable bonds is 6. The highest BCUT2D eigenvalue weighted by Gasteiger charge is 2.31. The van der Waals surface area contributed by atoms with E-state index in [1.807, 2.05) is 0 Å². The van der Waals surface area contributed by atoms with Gasteiger partial charge in [0.25, 0.3) is 0 Å². The third-order valence-electron chi connectivity index (χ3n) is 4.13. The summed E-state index contributed by atoms with van der Waals surface area (Å²) < 4.78 is 8.69. The number of nitrogens with zero attached hydrogens (tertiary/aromatic N) is 4. The zero-order valence-corrected chi connectivity index (χ0v) is 13.3. The molecule has 0 unspecified atom stereocenters. The summed E-state index contributed by atoms with van der Waals surface area (Å²) in [5.41, 5.74) is 6.89. The molecule has 0 aromatic carbocycles. The van der Waals surface area contributed by atoms with Crippen molar-refractivity contribution in [3.63, 3.8) is 0 Å². The number of hydrogen-bond acceptors (Lipinski definition) is 7. The lowest BCUT2D eigenvalue weighted by Gasteiger charge is -2.13. The van der Waals surface area contributed by atoms with Gasteiger partial charge in [-0.15, -0.1) is 6.58 Å². The second-order valence-electron chi connectivity index (χ2n) is 5.70. The van der Waals surface area contributed by atoms with Gasteiger partial charge in [0.15, 0.2) is 5.65 Å². The molecule has 2 aromatic heterocycles. The SMILES string of the molecule is C=CCn1c(=O)n([C@H]2CC[C@@H](CO)O2)c2nc(N)nc(CCO)c21. The molecular weight excluding hydrogens is 314 g/mol. The molecule has 0 spiro atoms. The number of aliphatic hydroxyl groups excluding tert-OH is 2. The number of anilines is 1. The van der Waals surface area contributed by atoms with Crippen molar-refractivity contribution < 1.29 is 14.9 Å². The molecule has 9 heteroatoms. The highest BCUT2D eigenvalue weighted by molar-refractivity contribution is 5.76. The number of ether oxygens (including phenoxy) is 1. The monoisotopic (exact) mass is 335 g/mol. The van der Waals surface area contributed by atoms with Crippen LogP contribution in [0.15, 0.2) is 17.4 Å². The number of nitrogen functional groups attached to an aromatic ring is 1. The standard InChI is InChI=1S/C15H21N5O4/c1-2-6-19-12-10(5-7-21)17-14(16)18-13(12)20(15(19)23)11-4-3-9(8-22)24-11/h2,9,11,21-22H,1,3-8H2,(H2,16,17,18)/t9-,11+/m0/s1. The summed E-state index contributed by atoms with van der Waals surface area (Å²) in [4.78, 5) is 21.3. The molecule has 1 aliphatic heterocycles. The number of hydrogen-bond donors (Lipinski definition) is 3. The molecule has 0 saturated carbocycles. The van der Waals surface area contributed by atoms with Crippen LogP contribution in [0.1, 0.15) is 24.8 Å². The van der Waals surface area contributed by atoms with Gasteiger partial charge in [0, 0.05) is 19.6 Å². The first-order chi connectivity index (χ1) is 11.6. The molecule has 1 aliphatic rings. The summed E-state index contributed by atoms with van der Waals surface area (Å²) in [7, 11) is 0. The fourth-order valence-corrected chi connectivity index (χ4v) is 3.12. The van der Waals surface area contributed by atoms with Crippen LogP contribution in [-0.4, -0.2) is 48.6 Å². The maximum Gasteiger partial charge on any atom is 0.332 e. The van der Waals surface area contributed by atoms with Crippen LogP contribution in [0.5, 0.6) is 0 Å². The summed E-state index contributed by atoms with van der Waals surface area (Å²) in [6, 6.07) is 0. The molecule has 0 aliphatic carbocycles. The third-order valence-corrected chi connectivity index (χ3v) is 4.13. The normalized spacial score (nSPS) is 20.8. The molecule has 2 aromatic rings. The van der Waals surface area contributed by atoms with Crippen LogP contribution in [-0.2, 0) is 17.7 Å². The Hall–Kier alpha value is -2.23. The Balaban J connectivity index is 2.24. The van der Waals surface area contributed by atoms with Gasteiger partial charge in [-0.05, 0) is 12.8 Å². The number of allylic oxidation sites excluding steroid dienone is 1. The molecule has 1 saturated heterocycles. The van der Waals surface area contributed by atoms with Gasteiger partial charge in [0.05, 0.1) is 18.4 Å². The van der Waals surface area contributed by atoms with E-state index in [9.17, 15) is 15.0 Å². The van der Waals surface area contributed by atoms with E-state index in [0.29, 0.717) is 29.7 Å². The lowest BCUT2D eigenvalue weighted by molar-refractivity contribution is -0.0223.